The van der Waals surface area contributed by atoms with E-state index in [0.717, 1.165) is 18.4 Å². The molecule has 0 spiro atoms. The first kappa shape index (κ1) is 17.1. The highest BCUT2D eigenvalue weighted by Gasteiger charge is 2.32. The van der Waals surface area contributed by atoms with Gasteiger partial charge in [0, 0.05) is 44.3 Å². The molecule has 1 saturated heterocycles. The summed E-state index contributed by atoms with van der Waals surface area (Å²) < 4.78 is 7.08. The van der Waals surface area contributed by atoms with E-state index in [4.69, 9.17) is 4.52 Å². The average molecular weight is 365 g/mol. The van der Waals surface area contributed by atoms with Gasteiger partial charge in [-0.15, -0.1) is 0 Å². The minimum absolute atomic E-state index is 0.0816. The molecule has 1 unspecified atom stereocenters. The van der Waals surface area contributed by atoms with Crippen LogP contribution in [-0.2, 0) is 11.8 Å². The van der Waals surface area contributed by atoms with Crippen LogP contribution in [0.25, 0.3) is 11.4 Å². The number of hydrogen-bond acceptors (Lipinski definition) is 6. The van der Waals surface area contributed by atoms with Crippen molar-refractivity contribution in [2.24, 2.45) is 7.05 Å². The first-order valence-corrected chi connectivity index (χ1v) is 8.82. The van der Waals surface area contributed by atoms with Crippen LogP contribution in [-0.4, -0.2) is 49.4 Å². The van der Waals surface area contributed by atoms with Gasteiger partial charge in [-0.1, -0.05) is 5.16 Å². The van der Waals surface area contributed by atoms with E-state index in [9.17, 15) is 9.59 Å². The van der Waals surface area contributed by atoms with Crippen molar-refractivity contribution in [3.63, 3.8) is 0 Å². The molecule has 1 amide bonds. The molecule has 1 aliphatic heterocycles. The molecule has 0 saturated carbocycles. The number of ketones is 1. The zero-order valence-electron chi connectivity index (χ0n) is 14.9. The highest BCUT2D eigenvalue weighted by atomic mass is 16.5. The summed E-state index contributed by atoms with van der Waals surface area (Å²) in [5, 5.41) is 4.02. The molecule has 0 bridgehead atoms. The predicted molar refractivity (Wildman–Crippen MR) is 95.8 cm³/mol. The Morgan fingerprint density at radius 1 is 1.26 bits per heavy atom. The number of piperidine rings is 1. The maximum Gasteiger partial charge on any atom is 0.296 e. The fourth-order valence-electron chi connectivity index (χ4n) is 3.33. The van der Waals surface area contributed by atoms with Crippen LogP contribution in [0, 0.1) is 0 Å². The lowest BCUT2D eigenvalue weighted by Gasteiger charge is -2.30. The van der Waals surface area contributed by atoms with E-state index in [1.807, 2.05) is 12.1 Å². The van der Waals surface area contributed by atoms with Crippen LogP contribution in [0.5, 0.6) is 0 Å². The van der Waals surface area contributed by atoms with Gasteiger partial charge in [0.1, 0.15) is 0 Å². The SMILES string of the molecule is Cn1cccc1C(=O)C(=O)N1CCCC(c2nc(-c3cccnc3)no2)C1. The van der Waals surface area contributed by atoms with Crippen molar-refractivity contribution in [3.05, 3.63) is 54.4 Å². The van der Waals surface area contributed by atoms with Gasteiger partial charge in [-0.25, -0.2) is 0 Å². The molecule has 0 radical (unpaired) electrons. The molecule has 0 aliphatic carbocycles. The number of likely N-dealkylation sites (tertiary alicyclic amines) is 1. The number of carbonyl (C=O) groups excluding carboxylic acids is 2. The minimum Gasteiger partial charge on any atom is -0.348 e. The Morgan fingerprint density at radius 2 is 2.15 bits per heavy atom. The van der Waals surface area contributed by atoms with Crippen LogP contribution in [0.3, 0.4) is 0 Å². The van der Waals surface area contributed by atoms with Crippen molar-refractivity contribution in [2.45, 2.75) is 18.8 Å². The molecule has 138 valence electrons. The van der Waals surface area contributed by atoms with Crippen molar-refractivity contribution >= 4 is 11.7 Å². The standard InChI is InChI=1S/C19H19N5O3/c1-23-9-4-7-15(23)16(25)19(26)24-10-3-6-14(12-24)18-21-17(22-27-18)13-5-2-8-20-11-13/h2,4-5,7-9,11,14H,3,6,10,12H2,1H3. The van der Waals surface area contributed by atoms with E-state index in [0.29, 0.717) is 30.5 Å². The van der Waals surface area contributed by atoms with Gasteiger partial charge >= 0.3 is 0 Å². The molecule has 0 aromatic carbocycles. The Labute approximate surface area is 155 Å². The van der Waals surface area contributed by atoms with Crippen LogP contribution < -0.4 is 0 Å². The van der Waals surface area contributed by atoms with Gasteiger partial charge in [-0.3, -0.25) is 14.6 Å². The summed E-state index contributed by atoms with van der Waals surface area (Å²) in [6.45, 7) is 0.943. The highest BCUT2D eigenvalue weighted by molar-refractivity contribution is 6.42. The number of hydrogen-bond donors (Lipinski definition) is 0. The average Bonchev–Trinajstić information content (AvgIpc) is 3.37. The summed E-state index contributed by atoms with van der Waals surface area (Å²) in [5.74, 6) is -0.112. The Kier molecular flexibility index (Phi) is 4.53. The van der Waals surface area contributed by atoms with Gasteiger partial charge in [0.2, 0.25) is 11.7 Å². The number of pyridine rings is 1. The number of rotatable bonds is 4. The van der Waals surface area contributed by atoms with E-state index in [-0.39, 0.29) is 5.92 Å². The smallest absolute Gasteiger partial charge is 0.296 e. The van der Waals surface area contributed by atoms with E-state index >= 15 is 0 Å². The first-order chi connectivity index (χ1) is 13.1. The van der Waals surface area contributed by atoms with Crippen LogP contribution in [0.15, 0.2) is 47.4 Å². The Balaban J connectivity index is 1.48. The second-order valence-electron chi connectivity index (χ2n) is 6.62. The van der Waals surface area contributed by atoms with Crippen LogP contribution in [0.1, 0.15) is 35.1 Å². The normalized spacial score (nSPS) is 17.1. The second kappa shape index (κ2) is 7.14. The zero-order chi connectivity index (χ0) is 18.8. The summed E-state index contributed by atoms with van der Waals surface area (Å²) in [6, 6.07) is 7.07. The van der Waals surface area contributed by atoms with E-state index in [2.05, 4.69) is 15.1 Å². The summed E-state index contributed by atoms with van der Waals surface area (Å²) in [5.41, 5.74) is 1.16. The van der Waals surface area contributed by atoms with Gasteiger partial charge < -0.3 is 14.0 Å². The molecule has 1 fully saturated rings. The predicted octanol–water partition coefficient (Wildman–Crippen LogP) is 2.06. The van der Waals surface area contributed by atoms with Crippen molar-refractivity contribution in [3.8, 4) is 11.4 Å². The molecular formula is C19H19N5O3. The number of Topliss-reactive ketones (excluding diaryl/α,β-unsaturated/α-hetero) is 1. The van der Waals surface area contributed by atoms with Crippen LogP contribution >= 0.6 is 0 Å². The van der Waals surface area contributed by atoms with Gasteiger partial charge in [-0.2, -0.15) is 4.98 Å². The molecule has 1 aliphatic rings. The van der Waals surface area contributed by atoms with Crippen molar-refractivity contribution < 1.29 is 14.1 Å². The lowest BCUT2D eigenvalue weighted by atomic mass is 9.97. The van der Waals surface area contributed by atoms with Crippen molar-refractivity contribution in [1.82, 2.24) is 24.6 Å². The molecule has 1 atom stereocenters. The summed E-state index contributed by atoms with van der Waals surface area (Å²) in [4.78, 5) is 35.2. The zero-order valence-corrected chi connectivity index (χ0v) is 14.9. The maximum atomic E-state index is 12.6. The maximum absolute atomic E-state index is 12.6. The summed E-state index contributed by atoms with van der Waals surface area (Å²) in [6.07, 6.45) is 6.71. The molecular weight excluding hydrogens is 346 g/mol. The van der Waals surface area contributed by atoms with Gasteiger partial charge in [0.15, 0.2) is 0 Å². The fraction of sp³-hybridized carbons (Fsp3) is 0.316. The van der Waals surface area contributed by atoms with Crippen LogP contribution in [0.4, 0.5) is 0 Å². The summed E-state index contributed by atoms with van der Waals surface area (Å²) in [7, 11) is 1.75. The number of amides is 1. The van der Waals surface area contributed by atoms with Crippen molar-refractivity contribution in [1.29, 1.82) is 0 Å². The lowest BCUT2D eigenvalue weighted by molar-refractivity contribution is -0.127. The number of nitrogens with zero attached hydrogens (tertiary/aromatic N) is 5. The largest absolute Gasteiger partial charge is 0.348 e. The molecule has 8 heteroatoms. The lowest BCUT2D eigenvalue weighted by Crippen LogP contribution is -2.43. The minimum atomic E-state index is -0.496. The third kappa shape index (κ3) is 3.38. The molecule has 0 N–H and O–H groups in total. The first-order valence-electron chi connectivity index (χ1n) is 8.82. The second-order valence-corrected chi connectivity index (χ2v) is 6.62. The third-order valence-electron chi connectivity index (χ3n) is 4.79. The molecule has 27 heavy (non-hydrogen) atoms. The highest BCUT2D eigenvalue weighted by Crippen LogP contribution is 2.27. The Bertz CT molecular complexity index is 963. The van der Waals surface area contributed by atoms with E-state index in [1.54, 1.807) is 47.2 Å². The van der Waals surface area contributed by atoms with E-state index in [1.165, 1.54) is 0 Å². The monoisotopic (exact) mass is 365 g/mol. The van der Waals surface area contributed by atoms with Gasteiger partial charge in [-0.05, 0) is 37.1 Å². The number of aromatic nitrogens is 4. The number of carbonyl (C=O) groups is 2. The van der Waals surface area contributed by atoms with Crippen LogP contribution in [0.2, 0.25) is 0 Å². The molecule has 4 heterocycles. The van der Waals surface area contributed by atoms with Gasteiger partial charge in [0.05, 0.1) is 11.6 Å². The van der Waals surface area contributed by atoms with Gasteiger partial charge in [0.25, 0.3) is 11.7 Å². The molecule has 3 aromatic rings. The Hall–Kier alpha value is -3.29. The number of aryl methyl sites for hydroxylation is 1. The molecule has 8 nitrogen and oxygen atoms in total. The van der Waals surface area contributed by atoms with E-state index < -0.39 is 11.7 Å². The Morgan fingerprint density at radius 3 is 2.89 bits per heavy atom. The summed E-state index contributed by atoms with van der Waals surface area (Å²) >= 11 is 0. The molecule has 4 rings (SSSR count). The van der Waals surface area contributed by atoms with Crippen molar-refractivity contribution in [2.75, 3.05) is 13.1 Å². The quantitative estimate of drug-likeness (QED) is 0.519. The molecule has 3 aromatic heterocycles. The third-order valence-corrected chi connectivity index (χ3v) is 4.79. The topological polar surface area (TPSA) is 94.1 Å². The fourth-order valence-corrected chi connectivity index (χ4v) is 3.33.